The predicted molar refractivity (Wildman–Crippen MR) is 110 cm³/mol. The van der Waals surface area contributed by atoms with Crippen molar-refractivity contribution in [2.45, 2.75) is 31.4 Å². The van der Waals surface area contributed by atoms with Crippen LogP contribution in [0.25, 0.3) is 0 Å². The first-order valence-electron chi connectivity index (χ1n) is 10.4. The Morgan fingerprint density at radius 3 is 2.60 bits per heavy atom. The second-order valence-corrected chi connectivity index (χ2v) is 8.38. The molecule has 30 heavy (non-hydrogen) atoms. The topological polar surface area (TPSA) is 73.9 Å². The van der Waals surface area contributed by atoms with Crippen LogP contribution < -0.4 is 19.5 Å². The maximum Gasteiger partial charge on any atom is 0.224 e. The van der Waals surface area contributed by atoms with Gasteiger partial charge in [0, 0.05) is 11.8 Å². The molecule has 1 aliphatic heterocycles. The van der Waals surface area contributed by atoms with Crippen LogP contribution in [0, 0.1) is 17.8 Å². The molecule has 5 rings (SSSR count). The fourth-order valence-electron chi connectivity index (χ4n) is 5.51. The summed E-state index contributed by atoms with van der Waals surface area (Å²) in [6.45, 7) is 0.331. The van der Waals surface area contributed by atoms with E-state index in [4.69, 9.17) is 14.2 Å². The van der Waals surface area contributed by atoms with E-state index in [2.05, 4.69) is 5.32 Å². The van der Waals surface area contributed by atoms with Gasteiger partial charge in [0.1, 0.15) is 22.8 Å². The average Bonchev–Trinajstić information content (AvgIpc) is 3.42. The molecule has 2 aliphatic carbocycles. The van der Waals surface area contributed by atoms with Crippen molar-refractivity contribution in [3.63, 3.8) is 0 Å². The summed E-state index contributed by atoms with van der Waals surface area (Å²) in [4.78, 5) is 25.7. The number of hydrogen-bond donors (Lipinski definition) is 1. The van der Waals surface area contributed by atoms with Crippen LogP contribution >= 0.6 is 0 Å². The lowest BCUT2D eigenvalue weighted by molar-refractivity contribution is -0.124. The van der Waals surface area contributed by atoms with Gasteiger partial charge in [-0.05, 0) is 43.0 Å². The maximum absolute atomic E-state index is 13.0. The summed E-state index contributed by atoms with van der Waals surface area (Å²) in [6, 6.07) is 13.0. The van der Waals surface area contributed by atoms with E-state index in [1.54, 1.807) is 14.2 Å². The number of benzene rings is 2. The quantitative estimate of drug-likeness (QED) is 0.823. The molecular weight excluding hydrogens is 382 g/mol. The number of amides is 1. The lowest BCUT2D eigenvalue weighted by atomic mass is 9.84. The molecule has 2 aromatic carbocycles. The number of ketones is 1. The molecule has 0 saturated heterocycles. The maximum atomic E-state index is 13.0. The van der Waals surface area contributed by atoms with Gasteiger partial charge in [-0.2, -0.15) is 0 Å². The zero-order valence-electron chi connectivity index (χ0n) is 17.1. The van der Waals surface area contributed by atoms with Crippen LogP contribution in [-0.4, -0.2) is 31.5 Å². The summed E-state index contributed by atoms with van der Waals surface area (Å²) in [5.41, 5.74) is 0.922. The van der Waals surface area contributed by atoms with E-state index in [9.17, 15) is 9.59 Å². The predicted octanol–water partition coefficient (Wildman–Crippen LogP) is 3.38. The van der Waals surface area contributed by atoms with Crippen LogP contribution in [0.3, 0.4) is 0 Å². The van der Waals surface area contributed by atoms with Gasteiger partial charge in [0.2, 0.25) is 5.91 Å². The van der Waals surface area contributed by atoms with E-state index in [0.717, 1.165) is 18.4 Å². The van der Waals surface area contributed by atoms with E-state index in [-0.39, 0.29) is 29.4 Å². The zero-order valence-corrected chi connectivity index (χ0v) is 17.1. The largest absolute Gasteiger partial charge is 0.496 e. The van der Waals surface area contributed by atoms with Crippen molar-refractivity contribution in [2.75, 3.05) is 14.2 Å². The van der Waals surface area contributed by atoms with Crippen molar-refractivity contribution in [3.8, 4) is 17.2 Å². The Labute approximate surface area is 175 Å². The van der Waals surface area contributed by atoms with Crippen molar-refractivity contribution in [1.29, 1.82) is 0 Å². The van der Waals surface area contributed by atoms with E-state index >= 15 is 0 Å². The molecule has 0 radical (unpaired) electrons. The van der Waals surface area contributed by atoms with Crippen LogP contribution in [0.1, 0.15) is 35.2 Å². The number of methoxy groups -OCH3 is 2. The Balaban J connectivity index is 1.31. The lowest BCUT2D eigenvalue weighted by Crippen LogP contribution is -2.44. The van der Waals surface area contributed by atoms with E-state index < -0.39 is 5.60 Å². The minimum Gasteiger partial charge on any atom is -0.496 e. The second kappa shape index (κ2) is 7.04. The van der Waals surface area contributed by atoms with Gasteiger partial charge in [0.25, 0.3) is 0 Å². The van der Waals surface area contributed by atoms with Crippen molar-refractivity contribution in [2.24, 2.45) is 17.8 Å². The standard InChI is InChI=1S/C24H25NO5/c1-28-18-8-5-9-19(29-2)16(18)13-25-23(27)21-15-10-11-24(22(15)21)12-17(26)14-6-3-4-7-20(14)30-24/h3-9,15,21-22H,10-13H2,1-2H3,(H,25,27)/t15-,21-,22+,24-/m1/s1. The molecule has 156 valence electrons. The summed E-state index contributed by atoms with van der Waals surface area (Å²) in [5, 5.41) is 3.05. The minimum atomic E-state index is -0.541. The van der Waals surface area contributed by atoms with Crippen LogP contribution in [0.15, 0.2) is 42.5 Å². The highest BCUT2D eigenvalue weighted by molar-refractivity contribution is 6.00. The van der Waals surface area contributed by atoms with Gasteiger partial charge in [-0.1, -0.05) is 18.2 Å². The Morgan fingerprint density at radius 1 is 1.13 bits per heavy atom. The van der Waals surface area contributed by atoms with Crippen LogP contribution in [0.4, 0.5) is 0 Å². The molecule has 6 nitrogen and oxygen atoms in total. The molecular formula is C24H25NO5. The number of fused-ring (bicyclic) bond motifs is 3. The zero-order chi connectivity index (χ0) is 20.9. The highest BCUT2D eigenvalue weighted by atomic mass is 16.5. The number of carbonyl (C=O) groups is 2. The van der Waals surface area contributed by atoms with Crippen molar-refractivity contribution >= 4 is 11.7 Å². The van der Waals surface area contributed by atoms with E-state index in [0.29, 0.717) is 35.8 Å². The number of rotatable bonds is 5. The summed E-state index contributed by atoms with van der Waals surface area (Å²) >= 11 is 0. The minimum absolute atomic E-state index is 0.00643. The van der Waals surface area contributed by atoms with Crippen LogP contribution in [-0.2, 0) is 11.3 Å². The molecule has 0 unspecified atom stereocenters. The molecule has 0 aromatic heterocycles. The lowest BCUT2D eigenvalue weighted by Gasteiger charge is -2.37. The number of Topliss-reactive ketones (excluding diaryl/α,β-unsaturated/α-hetero) is 1. The number of ether oxygens (including phenoxy) is 3. The van der Waals surface area contributed by atoms with Crippen molar-refractivity contribution < 1.29 is 23.8 Å². The number of carbonyl (C=O) groups excluding carboxylic acids is 2. The third-order valence-electron chi connectivity index (χ3n) is 6.91. The molecule has 0 bridgehead atoms. The fraction of sp³-hybridized carbons (Fsp3) is 0.417. The van der Waals surface area contributed by atoms with Crippen molar-refractivity contribution in [3.05, 3.63) is 53.6 Å². The first-order valence-corrected chi connectivity index (χ1v) is 10.4. The Hall–Kier alpha value is -3.02. The molecule has 1 N–H and O–H groups in total. The highest BCUT2D eigenvalue weighted by Gasteiger charge is 2.70. The fourth-order valence-corrected chi connectivity index (χ4v) is 5.51. The third-order valence-corrected chi connectivity index (χ3v) is 6.91. The first kappa shape index (κ1) is 19.0. The average molecular weight is 407 g/mol. The molecule has 2 saturated carbocycles. The number of para-hydroxylation sites is 1. The summed E-state index contributed by atoms with van der Waals surface area (Å²) in [7, 11) is 3.20. The van der Waals surface area contributed by atoms with Crippen LogP contribution in [0.5, 0.6) is 17.2 Å². The monoisotopic (exact) mass is 407 g/mol. The number of nitrogens with one attached hydrogen (secondary N) is 1. The molecule has 1 spiro atoms. The second-order valence-electron chi connectivity index (χ2n) is 8.38. The molecule has 1 heterocycles. The van der Waals surface area contributed by atoms with Gasteiger partial charge in [-0.25, -0.2) is 0 Å². The Morgan fingerprint density at radius 2 is 1.87 bits per heavy atom. The summed E-state index contributed by atoms with van der Waals surface area (Å²) < 4.78 is 17.2. The van der Waals surface area contributed by atoms with Crippen LogP contribution in [0.2, 0.25) is 0 Å². The van der Waals surface area contributed by atoms with Gasteiger partial charge < -0.3 is 19.5 Å². The number of hydrogen-bond acceptors (Lipinski definition) is 5. The SMILES string of the molecule is COc1cccc(OC)c1CNC(=O)[C@@H]1[C@H]2CC[C@@]3(CC(=O)c4ccccc4O3)[C@@H]21. The first-order chi connectivity index (χ1) is 14.6. The van der Waals surface area contributed by atoms with Gasteiger partial charge >= 0.3 is 0 Å². The van der Waals surface area contributed by atoms with E-state index in [1.807, 2.05) is 42.5 Å². The van der Waals surface area contributed by atoms with Gasteiger partial charge in [-0.15, -0.1) is 0 Å². The molecule has 6 heteroatoms. The van der Waals surface area contributed by atoms with E-state index in [1.165, 1.54) is 0 Å². The molecule has 3 aliphatic rings. The molecule has 1 amide bonds. The Kier molecular flexibility index (Phi) is 4.45. The Bertz CT molecular complexity index is 996. The molecule has 2 aromatic rings. The highest BCUT2D eigenvalue weighted by Crippen LogP contribution is 2.65. The summed E-state index contributed by atoms with van der Waals surface area (Å²) in [6.07, 6.45) is 2.10. The third kappa shape index (κ3) is 2.85. The molecule has 2 fully saturated rings. The van der Waals surface area contributed by atoms with Crippen molar-refractivity contribution in [1.82, 2.24) is 5.32 Å². The van der Waals surface area contributed by atoms with Gasteiger partial charge in [0.15, 0.2) is 5.78 Å². The van der Waals surface area contributed by atoms with Gasteiger partial charge in [-0.3, -0.25) is 9.59 Å². The smallest absolute Gasteiger partial charge is 0.224 e. The molecule has 4 atom stereocenters. The normalized spacial score (nSPS) is 28.3. The summed E-state index contributed by atoms with van der Waals surface area (Å²) in [5.74, 6) is 2.39. The van der Waals surface area contributed by atoms with Gasteiger partial charge in [0.05, 0.1) is 38.3 Å².